The molecule has 0 bridgehead atoms. The quantitative estimate of drug-likeness (QED) is 0.455. The molecule has 3 aromatic carbocycles. The van der Waals surface area contributed by atoms with Gasteiger partial charge >= 0.3 is 5.69 Å². The maximum atomic E-state index is 12.6. The molecule has 30 heavy (non-hydrogen) atoms. The Morgan fingerprint density at radius 3 is 1.53 bits per heavy atom. The van der Waals surface area contributed by atoms with Gasteiger partial charge in [-0.3, -0.25) is 4.57 Å². The minimum Gasteiger partial charge on any atom is -0.352 e. The lowest BCUT2D eigenvalue weighted by molar-refractivity contribution is 0.563. The third-order valence-corrected chi connectivity index (χ3v) is 5.32. The summed E-state index contributed by atoms with van der Waals surface area (Å²) < 4.78 is 1.63. The van der Waals surface area contributed by atoms with Gasteiger partial charge in [-0.25, -0.2) is 4.79 Å². The summed E-state index contributed by atoms with van der Waals surface area (Å²) in [7, 11) is 0. The molecule has 0 radical (unpaired) electrons. The number of aromatic nitrogens is 2. The van der Waals surface area contributed by atoms with Crippen molar-refractivity contribution >= 4 is 5.82 Å². The molecule has 4 rings (SSSR count). The summed E-state index contributed by atoms with van der Waals surface area (Å²) in [6.07, 6.45) is 1.80. The van der Waals surface area contributed by atoms with Gasteiger partial charge in [-0.05, 0) is 36.6 Å². The maximum Gasteiger partial charge on any atom is 0.349 e. The molecule has 1 heterocycles. The van der Waals surface area contributed by atoms with Gasteiger partial charge in [0.15, 0.2) is 0 Å². The van der Waals surface area contributed by atoms with Crippen molar-refractivity contribution in [2.24, 2.45) is 0 Å². The number of nitrogens with zero attached hydrogens (tertiary/aromatic N) is 2. The van der Waals surface area contributed by atoms with E-state index in [1.807, 2.05) is 74.5 Å². The van der Waals surface area contributed by atoms with Gasteiger partial charge in [-0.2, -0.15) is 4.98 Å². The van der Waals surface area contributed by atoms with Gasteiger partial charge in [-0.15, -0.1) is 0 Å². The second-order valence-electron chi connectivity index (χ2n) is 7.57. The molecular weight excluding hydrogens is 370 g/mol. The Bertz CT molecular complexity index is 1060. The summed E-state index contributed by atoms with van der Waals surface area (Å²) in [6.45, 7) is 3.94. The Labute approximate surface area is 176 Å². The van der Waals surface area contributed by atoms with E-state index in [0.717, 1.165) is 16.7 Å². The van der Waals surface area contributed by atoms with Crippen molar-refractivity contribution in [3.63, 3.8) is 0 Å². The highest BCUT2D eigenvalue weighted by atomic mass is 16.1. The lowest BCUT2D eigenvalue weighted by atomic mass is 9.77. The standard InChI is InChI=1S/C26H25N3O/c1-20(2)29-19-18-24(27-25(29)30)28-26(21-12-6-3-7-13-21,22-14-8-4-9-15-22)23-16-10-5-11-17-23/h3-20H,1-2H3,(H,27,28,30). The zero-order chi connectivity index (χ0) is 21.0. The molecule has 4 heteroatoms. The smallest absolute Gasteiger partial charge is 0.349 e. The van der Waals surface area contributed by atoms with Crippen molar-refractivity contribution in [1.29, 1.82) is 0 Å². The molecule has 0 aliphatic carbocycles. The summed E-state index contributed by atoms with van der Waals surface area (Å²) in [4.78, 5) is 16.9. The van der Waals surface area contributed by atoms with Crippen LogP contribution in [-0.4, -0.2) is 9.55 Å². The van der Waals surface area contributed by atoms with Gasteiger partial charge in [0, 0.05) is 12.2 Å². The van der Waals surface area contributed by atoms with E-state index in [9.17, 15) is 4.79 Å². The molecule has 0 aliphatic rings. The van der Waals surface area contributed by atoms with Crippen LogP contribution in [0.2, 0.25) is 0 Å². The zero-order valence-electron chi connectivity index (χ0n) is 17.2. The average molecular weight is 396 g/mol. The third-order valence-electron chi connectivity index (χ3n) is 5.32. The Kier molecular flexibility index (Phi) is 5.48. The lowest BCUT2D eigenvalue weighted by Crippen LogP contribution is -2.39. The van der Waals surface area contributed by atoms with Gasteiger partial charge in [0.25, 0.3) is 0 Å². The predicted molar refractivity (Wildman–Crippen MR) is 122 cm³/mol. The summed E-state index contributed by atoms with van der Waals surface area (Å²) in [5.74, 6) is 0.536. The fraction of sp³-hybridized carbons (Fsp3) is 0.154. The predicted octanol–water partition coefficient (Wildman–Crippen LogP) is 5.23. The number of benzene rings is 3. The second-order valence-corrected chi connectivity index (χ2v) is 7.57. The van der Waals surface area contributed by atoms with Crippen LogP contribution in [0.5, 0.6) is 0 Å². The third kappa shape index (κ3) is 3.64. The normalized spacial score (nSPS) is 11.4. The molecule has 1 N–H and O–H groups in total. The first-order valence-electron chi connectivity index (χ1n) is 10.2. The monoisotopic (exact) mass is 395 g/mol. The van der Waals surface area contributed by atoms with E-state index in [1.165, 1.54) is 0 Å². The highest BCUT2D eigenvalue weighted by Crippen LogP contribution is 2.39. The summed E-state index contributed by atoms with van der Waals surface area (Å²) in [5, 5.41) is 3.62. The molecule has 0 saturated carbocycles. The van der Waals surface area contributed by atoms with Crippen LogP contribution in [0, 0.1) is 0 Å². The minimum absolute atomic E-state index is 0.0566. The number of anilines is 1. The van der Waals surface area contributed by atoms with Crippen LogP contribution >= 0.6 is 0 Å². The molecule has 0 saturated heterocycles. The van der Waals surface area contributed by atoms with E-state index in [2.05, 4.69) is 46.7 Å². The molecule has 1 aromatic heterocycles. The van der Waals surface area contributed by atoms with Crippen LogP contribution in [0.3, 0.4) is 0 Å². The van der Waals surface area contributed by atoms with E-state index >= 15 is 0 Å². The van der Waals surface area contributed by atoms with Gasteiger partial charge < -0.3 is 5.32 Å². The fourth-order valence-electron chi connectivity index (χ4n) is 3.85. The maximum absolute atomic E-state index is 12.6. The van der Waals surface area contributed by atoms with E-state index in [4.69, 9.17) is 0 Å². The molecule has 4 nitrogen and oxygen atoms in total. The molecule has 0 spiro atoms. The first-order chi connectivity index (χ1) is 14.6. The molecule has 0 unspecified atom stereocenters. The minimum atomic E-state index is -0.701. The summed E-state index contributed by atoms with van der Waals surface area (Å²) >= 11 is 0. The fourth-order valence-corrected chi connectivity index (χ4v) is 3.85. The highest BCUT2D eigenvalue weighted by Gasteiger charge is 2.36. The molecule has 4 aromatic rings. The highest BCUT2D eigenvalue weighted by molar-refractivity contribution is 5.57. The number of rotatable bonds is 6. The Hall–Kier alpha value is -3.66. The molecular formula is C26H25N3O. The van der Waals surface area contributed by atoms with Crippen LogP contribution in [0.1, 0.15) is 36.6 Å². The molecule has 0 aliphatic heterocycles. The summed E-state index contributed by atoms with van der Waals surface area (Å²) in [5.41, 5.74) is 2.23. The number of hydrogen-bond acceptors (Lipinski definition) is 3. The van der Waals surface area contributed by atoms with Crippen molar-refractivity contribution in [2.45, 2.75) is 25.4 Å². The SMILES string of the molecule is CC(C)n1ccc(NC(c2ccccc2)(c2ccccc2)c2ccccc2)nc1=O. The van der Waals surface area contributed by atoms with Crippen molar-refractivity contribution in [3.05, 3.63) is 130 Å². The summed E-state index contributed by atoms with van der Waals surface area (Å²) in [6, 6.07) is 32.7. The number of hydrogen-bond donors (Lipinski definition) is 1. The average Bonchev–Trinajstić information content (AvgIpc) is 2.79. The lowest BCUT2D eigenvalue weighted by Gasteiger charge is -2.37. The van der Waals surface area contributed by atoms with Gasteiger partial charge in [0.2, 0.25) is 0 Å². The van der Waals surface area contributed by atoms with Gasteiger partial charge in [0.1, 0.15) is 11.4 Å². The first kappa shape index (κ1) is 19.6. The molecule has 0 fully saturated rings. The van der Waals surface area contributed by atoms with Crippen LogP contribution < -0.4 is 11.0 Å². The second kappa shape index (κ2) is 8.37. The van der Waals surface area contributed by atoms with E-state index in [0.29, 0.717) is 5.82 Å². The van der Waals surface area contributed by atoms with E-state index in [1.54, 1.807) is 10.8 Å². The van der Waals surface area contributed by atoms with Gasteiger partial charge in [-0.1, -0.05) is 91.0 Å². The van der Waals surface area contributed by atoms with Crippen LogP contribution in [0.25, 0.3) is 0 Å². The molecule has 0 atom stereocenters. The zero-order valence-corrected chi connectivity index (χ0v) is 17.2. The topological polar surface area (TPSA) is 46.9 Å². The van der Waals surface area contributed by atoms with Crippen molar-refractivity contribution in [2.75, 3.05) is 5.32 Å². The number of nitrogens with one attached hydrogen (secondary N) is 1. The Morgan fingerprint density at radius 1 is 0.733 bits per heavy atom. The van der Waals surface area contributed by atoms with Gasteiger partial charge in [0.05, 0.1) is 0 Å². The van der Waals surface area contributed by atoms with Crippen molar-refractivity contribution in [1.82, 2.24) is 9.55 Å². The van der Waals surface area contributed by atoms with Crippen LogP contribution in [-0.2, 0) is 5.54 Å². The molecule has 150 valence electrons. The molecule has 0 amide bonds. The van der Waals surface area contributed by atoms with Crippen molar-refractivity contribution < 1.29 is 0 Å². The largest absolute Gasteiger partial charge is 0.352 e. The first-order valence-corrected chi connectivity index (χ1v) is 10.2. The van der Waals surface area contributed by atoms with Crippen molar-refractivity contribution in [3.8, 4) is 0 Å². The van der Waals surface area contributed by atoms with Crippen LogP contribution in [0.4, 0.5) is 5.82 Å². The van der Waals surface area contributed by atoms with Crippen LogP contribution in [0.15, 0.2) is 108 Å². The van der Waals surface area contributed by atoms with E-state index < -0.39 is 5.54 Å². The Balaban J connectivity index is 1.96. The van der Waals surface area contributed by atoms with E-state index in [-0.39, 0.29) is 11.7 Å². The Morgan fingerprint density at radius 2 is 1.17 bits per heavy atom.